The van der Waals surface area contributed by atoms with E-state index in [0.717, 1.165) is 16.7 Å². The number of aryl methyl sites for hydroxylation is 1. The first-order valence-corrected chi connectivity index (χ1v) is 7.26. The molecule has 3 nitrogen and oxygen atoms in total. The molecule has 0 aliphatic carbocycles. The third kappa shape index (κ3) is 3.27. The molecule has 0 fully saturated rings. The standard InChI is InChI=1S/C18H14F3NO2/c1-11-4-2-3-5-13(11)16-9-22-17(23)15-8-12(6-7-14(15)16)24-10-18(19,20)21/h2-9H,10H2,1H3,(H,22,23). The molecule has 1 aromatic heterocycles. The van der Waals surface area contributed by atoms with E-state index in [4.69, 9.17) is 4.74 Å². The molecule has 0 amide bonds. The molecule has 24 heavy (non-hydrogen) atoms. The van der Waals surface area contributed by atoms with E-state index in [2.05, 4.69) is 4.98 Å². The minimum atomic E-state index is -4.43. The number of pyridine rings is 1. The van der Waals surface area contributed by atoms with Crippen LogP contribution in [0.15, 0.2) is 53.5 Å². The van der Waals surface area contributed by atoms with Gasteiger partial charge in [-0.05, 0) is 41.6 Å². The average Bonchev–Trinajstić information content (AvgIpc) is 2.54. The predicted molar refractivity (Wildman–Crippen MR) is 86.3 cm³/mol. The summed E-state index contributed by atoms with van der Waals surface area (Å²) in [6, 6.07) is 12.1. The fourth-order valence-electron chi connectivity index (χ4n) is 2.59. The quantitative estimate of drug-likeness (QED) is 0.770. The van der Waals surface area contributed by atoms with Gasteiger partial charge in [0.2, 0.25) is 0 Å². The lowest BCUT2D eigenvalue weighted by Crippen LogP contribution is -2.19. The zero-order valence-corrected chi connectivity index (χ0v) is 12.8. The molecule has 0 radical (unpaired) electrons. The molecular formula is C18H14F3NO2. The molecule has 2 aromatic carbocycles. The van der Waals surface area contributed by atoms with E-state index in [1.807, 2.05) is 31.2 Å². The van der Waals surface area contributed by atoms with Gasteiger partial charge in [0.1, 0.15) is 5.75 Å². The SMILES string of the molecule is Cc1ccccc1-c1c[nH]c(=O)c2cc(OCC(F)(F)F)ccc12. The lowest BCUT2D eigenvalue weighted by Gasteiger charge is -2.12. The van der Waals surface area contributed by atoms with Crippen LogP contribution in [-0.2, 0) is 0 Å². The summed E-state index contributed by atoms with van der Waals surface area (Å²) in [5.41, 5.74) is 2.41. The summed E-state index contributed by atoms with van der Waals surface area (Å²) >= 11 is 0. The second-order valence-electron chi connectivity index (χ2n) is 5.46. The third-order valence-corrected chi connectivity index (χ3v) is 3.71. The van der Waals surface area contributed by atoms with Crippen molar-refractivity contribution in [2.75, 3.05) is 6.61 Å². The van der Waals surface area contributed by atoms with E-state index in [9.17, 15) is 18.0 Å². The predicted octanol–water partition coefficient (Wildman–Crippen LogP) is 4.44. The Morgan fingerprint density at radius 3 is 2.50 bits per heavy atom. The van der Waals surface area contributed by atoms with Gasteiger partial charge in [0.25, 0.3) is 5.56 Å². The Kier molecular flexibility index (Phi) is 4.05. The van der Waals surface area contributed by atoms with Crippen molar-refractivity contribution in [2.24, 2.45) is 0 Å². The molecule has 0 aliphatic heterocycles. The Hall–Kier alpha value is -2.76. The molecule has 0 bridgehead atoms. The number of aromatic amines is 1. The monoisotopic (exact) mass is 333 g/mol. The number of H-pyrrole nitrogens is 1. The average molecular weight is 333 g/mol. The van der Waals surface area contributed by atoms with Crippen molar-refractivity contribution in [2.45, 2.75) is 13.1 Å². The van der Waals surface area contributed by atoms with Gasteiger partial charge in [0.05, 0.1) is 5.39 Å². The smallest absolute Gasteiger partial charge is 0.422 e. The van der Waals surface area contributed by atoms with Gasteiger partial charge in [-0.3, -0.25) is 4.79 Å². The minimum absolute atomic E-state index is 0.00672. The van der Waals surface area contributed by atoms with E-state index < -0.39 is 12.8 Å². The van der Waals surface area contributed by atoms with Crippen LogP contribution in [0.3, 0.4) is 0 Å². The Bertz CT molecular complexity index is 945. The molecule has 124 valence electrons. The summed E-state index contributed by atoms with van der Waals surface area (Å²) in [5.74, 6) is 0.00672. The maximum absolute atomic E-state index is 12.3. The van der Waals surface area contributed by atoms with Crippen LogP contribution in [0, 0.1) is 6.92 Å². The first kappa shape index (κ1) is 16.1. The number of nitrogens with one attached hydrogen (secondary N) is 1. The number of hydrogen-bond acceptors (Lipinski definition) is 2. The highest BCUT2D eigenvalue weighted by Crippen LogP contribution is 2.30. The number of alkyl halides is 3. The first-order chi connectivity index (χ1) is 11.3. The van der Waals surface area contributed by atoms with Crippen LogP contribution in [0.25, 0.3) is 21.9 Å². The van der Waals surface area contributed by atoms with Crippen molar-refractivity contribution >= 4 is 10.8 Å². The van der Waals surface area contributed by atoms with Crippen molar-refractivity contribution in [3.63, 3.8) is 0 Å². The molecule has 0 saturated heterocycles. The highest BCUT2D eigenvalue weighted by atomic mass is 19.4. The van der Waals surface area contributed by atoms with Gasteiger partial charge in [0.15, 0.2) is 6.61 Å². The van der Waals surface area contributed by atoms with Gasteiger partial charge >= 0.3 is 6.18 Å². The normalized spacial score (nSPS) is 11.7. The minimum Gasteiger partial charge on any atom is -0.484 e. The second kappa shape index (κ2) is 6.03. The lowest BCUT2D eigenvalue weighted by molar-refractivity contribution is -0.153. The number of fused-ring (bicyclic) bond motifs is 1. The van der Waals surface area contributed by atoms with Crippen LogP contribution in [0.1, 0.15) is 5.56 Å². The lowest BCUT2D eigenvalue weighted by atomic mass is 9.97. The highest BCUT2D eigenvalue weighted by molar-refractivity contribution is 5.96. The number of aromatic nitrogens is 1. The van der Waals surface area contributed by atoms with Crippen LogP contribution in [-0.4, -0.2) is 17.8 Å². The number of halogens is 3. The number of benzene rings is 2. The molecule has 1 heterocycles. The highest BCUT2D eigenvalue weighted by Gasteiger charge is 2.28. The maximum Gasteiger partial charge on any atom is 0.422 e. The number of hydrogen-bond donors (Lipinski definition) is 1. The summed E-state index contributed by atoms with van der Waals surface area (Å²) in [4.78, 5) is 14.7. The van der Waals surface area contributed by atoms with E-state index >= 15 is 0 Å². The van der Waals surface area contributed by atoms with Crippen molar-refractivity contribution in [3.05, 3.63) is 64.6 Å². The second-order valence-corrected chi connectivity index (χ2v) is 5.46. The number of rotatable bonds is 3. The van der Waals surface area contributed by atoms with Crippen molar-refractivity contribution in [3.8, 4) is 16.9 Å². The molecule has 0 unspecified atom stereocenters. The van der Waals surface area contributed by atoms with Crippen molar-refractivity contribution < 1.29 is 17.9 Å². The fourth-order valence-corrected chi connectivity index (χ4v) is 2.59. The van der Waals surface area contributed by atoms with E-state index in [0.29, 0.717) is 5.39 Å². The molecule has 0 saturated carbocycles. The van der Waals surface area contributed by atoms with E-state index in [-0.39, 0.29) is 16.7 Å². The topological polar surface area (TPSA) is 42.1 Å². The molecule has 0 atom stereocenters. The first-order valence-electron chi connectivity index (χ1n) is 7.26. The van der Waals surface area contributed by atoms with Gasteiger partial charge in [-0.2, -0.15) is 13.2 Å². The number of ether oxygens (including phenoxy) is 1. The van der Waals surface area contributed by atoms with E-state index in [1.165, 1.54) is 12.1 Å². The molecule has 6 heteroatoms. The molecule has 0 spiro atoms. The van der Waals surface area contributed by atoms with Gasteiger partial charge in [-0.15, -0.1) is 0 Å². The zero-order valence-electron chi connectivity index (χ0n) is 12.8. The van der Waals surface area contributed by atoms with Crippen LogP contribution in [0.4, 0.5) is 13.2 Å². The summed E-state index contributed by atoms with van der Waals surface area (Å²) < 4.78 is 41.5. The van der Waals surface area contributed by atoms with Gasteiger partial charge in [-0.25, -0.2) is 0 Å². The molecule has 0 aliphatic rings. The molecule has 3 aromatic rings. The summed E-state index contributed by atoms with van der Waals surface area (Å²) in [5, 5.41) is 0.947. The third-order valence-electron chi connectivity index (χ3n) is 3.71. The van der Waals surface area contributed by atoms with Crippen molar-refractivity contribution in [1.29, 1.82) is 0 Å². The molecule has 1 N–H and O–H groups in total. The zero-order chi connectivity index (χ0) is 17.3. The van der Waals surface area contributed by atoms with Gasteiger partial charge in [0, 0.05) is 11.8 Å². The van der Waals surface area contributed by atoms with Crippen molar-refractivity contribution in [1.82, 2.24) is 4.98 Å². The fraction of sp³-hybridized carbons (Fsp3) is 0.167. The summed E-state index contributed by atoms with van der Waals surface area (Å²) in [6.07, 6.45) is -2.81. The van der Waals surface area contributed by atoms with Gasteiger partial charge in [-0.1, -0.05) is 24.3 Å². The van der Waals surface area contributed by atoms with Gasteiger partial charge < -0.3 is 9.72 Å². The Morgan fingerprint density at radius 2 is 1.79 bits per heavy atom. The Balaban J connectivity index is 2.10. The van der Waals surface area contributed by atoms with Crippen LogP contribution < -0.4 is 10.3 Å². The summed E-state index contributed by atoms with van der Waals surface area (Å²) in [7, 11) is 0. The molecule has 3 rings (SSSR count). The Morgan fingerprint density at radius 1 is 1.04 bits per heavy atom. The van der Waals surface area contributed by atoms with Crippen LogP contribution in [0.5, 0.6) is 5.75 Å². The Labute approximate surface area is 135 Å². The largest absolute Gasteiger partial charge is 0.484 e. The van der Waals surface area contributed by atoms with Crippen LogP contribution in [0.2, 0.25) is 0 Å². The summed E-state index contributed by atoms with van der Waals surface area (Å²) in [6.45, 7) is 0.557. The van der Waals surface area contributed by atoms with E-state index in [1.54, 1.807) is 12.3 Å². The maximum atomic E-state index is 12.3. The molecular weight excluding hydrogens is 319 g/mol. The van der Waals surface area contributed by atoms with Crippen LogP contribution >= 0.6 is 0 Å².